The average Bonchev–Trinajstić information content (AvgIpc) is 2.73. The Kier molecular flexibility index (Phi) is 7.66. The van der Waals surface area contributed by atoms with Crippen molar-refractivity contribution in [1.82, 2.24) is 0 Å². The van der Waals surface area contributed by atoms with Crippen LogP contribution in [-0.4, -0.2) is 5.91 Å². The van der Waals surface area contributed by atoms with Crippen molar-refractivity contribution in [3.8, 4) is 11.8 Å². The molecule has 0 aromatic heterocycles. The van der Waals surface area contributed by atoms with Gasteiger partial charge in [0.15, 0.2) is 0 Å². The second-order valence-electron chi connectivity index (χ2n) is 6.09. The molecule has 0 atom stereocenters. The molecule has 0 fully saturated rings. The molecule has 3 aromatic rings. The molecule has 0 heterocycles. The molecule has 6 heteroatoms. The molecular weight excluding hydrogens is 590 g/mol. The van der Waals surface area contributed by atoms with Crippen molar-refractivity contribution in [3.05, 3.63) is 96.6 Å². The van der Waals surface area contributed by atoms with Crippen LogP contribution in [0.3, 0.4) is 0 Å². The van der Waals surface area contributed by atoms with E-state index >= 15 is 0 Å². The van der Waals surface area contributed by atoms with E-state index in [4.69, 9.17) is 4.74 Å². The minimum absolute atomic E-state index is 0.0391. The molecule has 144 valence electrons. The van der Waals surface area contributed by atoms with Gasteiger partial charge in [0.1, 0.15) is 24.0 Å². The van der Waals surface area contributed by atoms with Crippen LogP contribution in [0.4, 0.5) is 5.69 Å². The Morgan fingerprint density at radius 2 is 1.76 bits per heavy atom. The zero-order valence-electron chi connectivity index (χ0n) is 15.2. The van der Waals surface area contributed by atoms with Gasteiger partial charge in [-0.05, 0) is 98.8 Å². The van der Waals surface area contributed by atoms with Crippen LogP contribution in [0.5, 0.6) is 5.75 Å². The van der Waals surface area contributed by atoms with Gasteiger partial charge in [-0.1, -0.05) is 36.4 Å². The van der Waals surface area contributed by atoms with Gasteiger partial charge in [0.2, 0.25) is 0 Å². The molecule has 0 aliphatic rings. The van der Waals surface area contributed by atoms with E-state index in [1.54, 1.807) is 18.2 Å². The third kappa shape index (κ3) is 6.30. The van der Waals surface area contributed by atoms with E-state index in [0.29, 0.717) is 12.3 Å². The summed E-state index contributed by atoms with van der Waals surface area (Å²) in [7, 11) is 0. The highest BCUT2D eigenvalue weighted by molar-refractivity contribution is 14.1. The van der Waals surface area contributed by atoms with Crippen molar-refractivity contribution in [3.63, 3.8) is 0 Å². The van der Waals surface area contributed by atoms with Crippen LogP contribution in [0.1, 0.15) is 11.1 Å². The first-order valence-electron chi connectivity index (χ1n) is 8.70. The van der Waals surface area contributed by atoms with Gasteiger partial charge in [0.25, 0.3) is 5.91 Å². The molecule has 0 bridgehead atoms. The van der Waals surface area contributed by atoms with Gasteiger partial charge in [0, 0.05) is 9.26 Å². The van der Waals surface area contributed by atoms with Crippen LogP contribution >= 0.6 is 45.2 Å². The molecular formula is C23H16I2N2O2. The first-order valence-corrected chi connectivity index (χ1v) is 10.9. The van der Waals surface area contributed by atoms with E-state index in [0.717, 1.165) is 20.4 Å². The van der Waals surface area contributed by atoms with Gasteiger partial charge < -0.3 is 10.1 Å². The number of anilines is 1. The Morgan fingerprint density at radius 3 is 2.41 bits per heavy atom. The molecule has 0 saturated heterocycles. The number of nitriles is 1. The summed E-state index contributed by atoms with van der Waals surface area (Å²) in [5, 5.41) is 12.1. The fourth-order valence-corrected chi connectivity index (χ4v) is 3.56. The topological polar surface area (TPSA) is 62.1 Å². The molecule has 0 aliphatic carbocycles. The van der Waals surface area contributed by atoms with Crippen LogP contribution in [0.25, 0.3) is 6.08 Å². The van der Waals surface area contributed by atoms with Crippen LogP contribution in [0, 0.1) is 18.5 Å². The number of para-hydroxylation sites is 1. The second kappa shape index (κ2) is 10.4. The lowest BCUT2D eigenvalue weighted by atomic mass is 10.1. The summed E-state index contributed by atoms with van der Waals surface area (Å²) in [5.74, 6) is 0.321. The Labute approximate surface area is 196 Å². The van der Waals surface area contributed by atoms with E-state index in [1.807, 2.05) is 66.7 Å². The number of amides is 1. The lowest BCUT2D eigenvalue weighted by molar-refractivity contribution is -0.112. The van der Waals surface area contributed by atoms with Crippen LogP contribution in [0.15, 0.2) is 78.4 Å². The van der Waals surface area contributed by atoms with Gasteiger partial charge in [0.05, 0.1) is 3.57 Å². The van der Waals surface area contributed by atoms with E-state index in [-0.39, 0.29) is 5.57 Å². The number of ether oxygens (including phenoxy) is 1. The van der Waals surface area contributed by atoms with Crippen LogP contribution < -0.4 is 10.1 Å². The summed E-state index contributed by atoms with van der Waals surface area (Å²) < 4.78 is 7.99. The first kappa shape index (κ1) is 21.3. The Balaban J connectivity index is 1.70. The smallest absolute Gasteiger partial charge is 0.266 e. The zero-order valence-corrected chi connectivity index (χ0v) is 19.5. The van der Waals surface area contributed by atoms with Crippen molar-refractivity contribution < 1.29 is 9.53 Å². The molecule has 0 aliphatic heterocycles. The molecule has 1 amide bonds. The Morgan fingerprint density at radius 1 is 1.03 bits per heavy atom. The number of carbonyl (C=O) groups is 1. The molecule has 29 heavy (non-hydrogen) atoms. The number of carbonyl (C=O) groups excluding carboxylic acids is 1. The van der Waals surface area contributed by atoms with Crippen LogP contribution in [0.2, 0.25) is 0 Å². The summed E-state index contributed by atoms with van der Waals surface area (Å²) in [4.78, 5) is 12.4. The van der Waals surface area contributed by atoms with Gasteiger partial charge in [-0.15, -0.1) is 0 Å². The summed E-state index contributed by atoms with van der Waals surface area (Å²) in [5.41, 5.74) is 2.54. The lowest BCUT2D eigenvalue weighted by Crippen LogP contribution is -2.13. The molecule has 0 unspecified atom stereocenters. The largest absolute Gasteiger partial charge is 0.488 e. The summed E-state index contributed by atoms with van der Waals surface area (Å²) >= 11 is 4.46. The molecule has 3 rings (SSSR count). The van der Waals surface area contributed by atoms with Crippen molar-refractivity contribution in [2.75, 3.05) is 5.32 Å². The highest BCUT2D eigenvalue weighted by Gasteiger charge is 2.10. The predicted octanol–water partition coefficient (Wildman–Crippen LogP) is 6.02. The lowest BCUT2D eigenvalue weighted by Gasteiger charge is -2.09. The zero-order chi connectivity index (χ0) is 20.6. The molecule has 0 radical (unpaired) electrons. The quantitative estimate of drug-likeness (QED) is 0.212. The second-order valence-corrected chi connectivity index (χ2v) is 8.50. The molecule has 1 N–H and O–H groups in total. The molecule has 4 nitrogen and oxygen atoms in total. The molecule has 0 saturated carbocycles. The summed E-state index contributed by atoms with van der Waals surface area (Å²) in [6.07, 6.45) is 1.57. The minimum Gasteiger partial charge on any atom is -0.488 e. The van der Waals surface area contributed by atoms with Crippen molar-refractivity contribution in [1.29, 1.82) is 5.26 Å². The van der Waals surface area contributed by atoms with Gasteiger partial charge in [-0.2, -0.15) is 5.26 Å². The van der Waals surface area contributed by atoms with E-state index in [2.05, 4.69) is 50.5 Å². The number of rotatable bonds is 6. The Hall–Kier alpha value is -2.38. The van der Waals surface area contributed by atoms with E-state index in [1.165, 1.54) is 3.57 Å². The van der Waals surface area contributed by atoms with Crippen molar-refractivity contribution in [2.24, 2.45) is 0 Å². The monoisotopic (exact) mass is 606 g/mol. The SMILES string of the molecule is N#C/C(=C/c1ccc(OCc2ccc(I)cc2)c(I)c1)C(=O)Nc1ccccc1. The maximum atomic E-state index is 12.4. The average molecular weight is 606 g/mol. The number of hydrogen-bond acceptors (Lipinski definition) is 3. The molecule has 3 aromatic carbocycles. The minimum atomic E-state index is -0.437. The van der Waals surface area contributed by atoms with E-state index in [9.17, 15) is 10.1 Å². The van der Waals surface area contributed by atoms with E-state index < -0.39 is 5.91 Å². The van der Waals surface area contributed by atoms with Gasteiger partial charge >= 0.3 is 0 Å². The highest BCUT2D eigenvalue weighted by Crippen LogP contribution is 2.24. The predicted molar refractivity (Wildman–Crippen MR) is 131 cm³/mol. The fourth-order valence-electron chi connectivity index (χ4n) is 2.50. The highest BCUT2D eigenvalue weighted by atomic mass is 127. The summed E-state index contributed by atoms with van der Waals surface area (Å²) in [6.45, 7) is 0.477. The fraction of sp³-hybridized carbons (Fsp3) is 0.0435. The maximum absolute atomic E-state index is 12.4. The number of nitrogens with one attached hydrogen (secondary N) is 1. The number of halogens is 2. The number of hydrogen-bond donors (Lipinski definition) is 1. The van der Waals surface area contributed by atoms with Crippen molar-refractivity contribution >= 4 is 62.9 Å². The van der Waals surface area contributed by atoms with Gasteiger partial charge in [-0.25, -0.2) is 0 Å². The Bertz CT molecular complexity index is 1070. The summed E-state index contributed by atoms with van der Waals surface area (Å²) in [6, 6.07) is 24.8. The molecule has 0 spiro atoms. The van der Waals surface area contributed by atoms with Crippen molar-refractivity contribution in [2.45, 2.75) is 6.61 Å². The first-order chi connectivity index (χ1) is 14.0. The maximum Gasteiger partial charge on any atom is 0.266 e. The number of benzene rings is 3. The van der Waals surface area contributed by atoms with Gasteiger partial charge in [-0.3, -0.25) is 4.79 Å². The normalized spacial score (nSPS) is 10.9. The standard InChI is InChI=1S/C23H16I2N2O2/c24-19-9-6-16(7-10-19)15-29-22-11-8-17(13-21(22)25)12-18(14-26)23(28)27-20-4-2-1-3-5-20/h1-13H,15H2,(H,27,28)/b18-12-. The van der Waals surface area contributed by atoms with Crippen LogP contribution in [-0.2, 0) is 11.4 Å². The third-order valence-electron chi connectivity index (χ3n) is 3.97. The number of nitrogens with zero attached hydrogens (tertiary/aromatic N) is 1. The third-order valence-corrected chi connectivity index (χ3v) is 5.53.